The van der Waals surface area contributed by atoms with Gasteiger partial charge in [0.15, 0.2) is 5.78 Å². The van der Waals surface area contributed by atoms with Crippen molar-refractivity contribution in [3.05, 3.63) is 113 Å². The summed E-state index contributed by atoms with van der Waals surface area (Å²) in [7, 11) is -4.18. The van der Waals surface area contributed by atoms with E-state index in [-0.39, 0.29) is 17.2 Å². The molecule has 0 unspecified atom stereocenters. The van der Waals surface area contributed by atoms with E-state index >= 15 is 0 Å². The van der Waals surface area contributed by atoms with Crippen molar-refractivity contribution < 1.29 is 22.7 Å². The van der Waals surface area contributed by atoms with Gasteiger partial charge in [-0.3, -0.25) is 9.59 Å². The van der Waals surface area contributed by atoms with Gasteiger partial charge < -0.3 is 4.74 Å². The first-order valence-corrected chi connectivity index (χ1v) is 13.6. The zero-order chi connectivity index (χ0) is 26.3. The molecule has 0 amide bonds. The highest BCUT2D eigenvalue weighted by Gasteiger charge is 2.50. The summed E-state index contributed by atoms with van der Waals surface area (Å²) in [5.74, 6) is -3.05. The maximum Gasteiger partial charge on any atom is 0.317 e. The van der Waals surface area contributed by atoms with Gasteiger partial charge in [-0.1, -0.05) is 77.9 Å². The lowest BCUT2D eigenvalue weighted by Crippen LogP contribution is -2.29. The third-order valence-electron chi connectivity index (χ3n) is 6.78. The molecular weight excluding hydrogens is 486 g/mol. The van der Waals surface area contributed by atoms with Crippen LogP contribution in [-0.2, 0) is 19.6 Å². The fourth-order valence-corrected chi connectivity index (χ4v) is 6.51. The highest BCUT2D eigenvalue weighted by atomic mass is 32.2. The average molecular weight is 514 g/mol. The summed E-state index contributed by atoms with van der Waals surface area (Å²) in [5, 5.41) is 0. The zero-order valence-corrected chi connectivity index (χ0v) is 21.7. The van der Waals surface area contributed by atoms with Crippen molar-refractivity contribution in [3.63, 3.8) is 0 Å². The minimum Gasteiger partial charge on any atom is -0.465 e. The number of carbonyl (C=O) groups is 2. The molecular formula is C30H27NO5S. The zero-order valence-electron chi connectivity index (χ0n) is 20.8. The number of nitrogens with zero attached hydrogens (tertiary/aromatic N) is 1. The van der Waals surface area contributed by atoms with Gasteiger partial charge in [0.1, 0.15) is 11.6 Å². The summed E-state index contributed by atoms with van der Waals surface area (Å²) in [6.07, 6.45) is 0. The number of fused-ring (bicyclic) bond motifs is 1. The van der Waals surface area contributed by atoms with Gasteiger partial charge in [0.25, 0.3) is 10.0 Å². The van der Waals surface area contributed by atoms with Crippen LogP contribution in [-0.4, -0.2) is 30.7 Å². The summed E-state index contributed by atoms with van der Waals surface area (Å²) in [6.45, 7) is 5.63. The molecule has 3 aromatic carbocycles. The first-order chi connectivity index (χ1) is 17.7. The van der Waals surface area contributed by atoms with Crippen LogP contribution in [0.15, 0.2) is 89.8 Å². The monoisotopic (exact) mass is 513 g/mol. The Balaban J connectivity index is 1.81. The molecule has 1 aliphatic rings. The molecule has 0 saturated carbocycles. The predicted octanol–water partition coefficient (Wildman–Crippen LogP) is 5.52. The first-order valence-electron chi connectivity index (χ1n) is 12.1. The molecule has 1 heterocycles. The van der Waals surface area contributed by atoms with E-state index in [0.29, 0.717) is 16.8 Å². The number of benzene rings is 3. The minimum atomic E-state index is -4.18. The van der Waals surface area contributed by atoms with Crippen molar-refractivity contribution in [2.45, 2.75) is 31.6 Å². The topological polar surface area (TPSA) is 82.4 Å². The van der Waals surface area contributed by atoms with Gasteiger partial charge in [0.2, 0.25) is 0 Å². The SMILES string of the molecule is CCOC(=O)[C@H]1C(=O)c2c(cc(-c3ccccc3)n2S(=O)(=O)c2ccc(C)cc2)[C@@H]1c1ccc(C)cc1. The highest BCUT2D eigenvalue weighted by Crippen LogP contribution is 2.47. The van der Waals surface area contributed by atoms with Crippen LogP contribution in [0, 0.1) is 19.8 Å². The summed E-state index contributed by atoms with van der Waals surface area (Å²) in [4.78, 5) is 27.1. The van der Waals surface area contributed by atoms with Gasteiger partial charge in [0.05, 0.1) is 17.2 Å². The van der Waals surface area contributed by atoms with Crippen LogP contribution >= 0.6 is 0 Å². The van der Waals surface area contributed by atoms with Crippen LogP contribution in [0.5, 0.6) is 0 Å². The number of hydrogen-bond acceptors (Lipinski definition) is 5. The molecule has 6 nitrogen and oxygen atoms in total. The smallest absolute Gasteiger partial charge is 0.317 e. The van der Waals surface area contributed by atoms with E-state index < -0.39 is 33.6 Å². The van der Waals surface area contributed by atoms with Crippen LogP contribution in [0.3, 0.4) is 0 Å². The van der Waals surface area contributed by atoms with Crippen LogP contribution < -0.4 is 0 Å². The number of Topliss-reactive ketones (excluding diaryl/α,β-unsaturated/α-hetero) is 1. The van der Waals surface area contributed by atoms with E-state index in [1.165, 1.54) is 12.1 Å². The van der Waals surface area contributed by atoms with Crippen LogP contribution in [0.4, 0.5) is 0 Å². The molecule has 37 heavy (non-hydrogen) atoms. The van der Waals surface area contributed by atoms with E-state index in [4.69, 9.17) is 4.74 Å². The fraction of sp³-hybridized carbons (Fsp3) is 0.200. The van der Waals surface area contributed by atoms with Crippen molar-refractivity contribution in [3.8, 4) is 11.3 Å². The second kappa shape index (κ2) is 9.48. The Kier molecular flexibility index (Phi) is 6.33. The minimum absolute atomic E-state index is 0.00283. The predicted molar refractivity (Wildman–Crippen MR) is 141 cm³/mol. The number of aryl methyl sites for hydroxylation is 2. The molecule has 1 aliphatic carbocycles. The summed E-state index contributed by atoms with van der Waals surface area (Å²) in [5.41, 5.74) is 4.22. The largest absolute Gasteiger partial charge is 0.465 e. The Hall–Kier alpha value is -3.97. The molecule has 0 aliphatic heterocycles. The molecule has 0 N–H and O–H groups in total. The highest BCUT2D eigenvalue weighted by molar-refractivity contribution is 7.90. The molecule has 2 atom stereocenters. The molecule has 5 rings (SSSR count). The van der Waals surface area contributed by atoms with Crippen molar-refractivity contribution in [1.82, 2.24) is 3.97 Å². The van der Waals surface area contributed by atoms with Gasteiger partial charge in [-0.25, -0.2) is 12.4 Å². The number of aromatic nitrogens is 1. The van der Waals surface area contributed by atoms with E-state index in [1.54, 1.807) is 37.3 Å². The molecule has 7 heteroatoms. The van der Waals surface area contributed by atoms with Crippen molar-refractivity contribution >= 4 is 21.8 Å². The fourth-order valence-electron chi connectivity index (χ4n) is 4.97. The Morgan fingerprint density at radius 2 is 1.49 bits per heavy atom. The normalized spacial score (nSPS) is 17.0. The van der Waals surface area contributed by atoms with Crippen LogP contribution in [0.2, 0.25) is 0 Å². The van der Waals surface area contributed by atoms with Gasteiger partial charge in [-0.15, -0.1) is 0 Å². The maximum atomic E-state index is 14.1. The maximum absolute atomic E-state index is 14.1. The molecule has 0 bridgehead atoms. The lowest BCUT2D eigenvalue weighted by Gasteiger charge is -2.19. The number of ketones is 1. The third kappa shape index (κ3) is 4.19. The van der Waals surface area contributed by atoms with Crippen LogP contribution in [0.25, 0.3) is 11.3 Å². The standard InChI is InChI=1S/C30H27NO5S/c1-4-36-30(33)27-26(22-14-10-19(2)11-15-22)24-18-25(21-8-6-5-7-9-21)31(28(24)29(27)32)37(34,35)23-16-12-20(3)13-17-23/h5-18,26-27H,4H2,1-3H3/t26-,27+/m0/s1. The van der Waals surface area contributed by atoms with Crippen molar-refractivity contribution in [2.75, 3.05) is 6.61 Å². The van der Waals surface area contributed by atoms with E-state index in [2.05, 4.69) is 0 Å². The average Bonchev–Trinajstić information content (AvgIpc) is 3.41. The Morgan fingerprint density at radius 1 is 0.892 bits per heavy atom. The van der Waals surface area contributed by atoms with E-state index in [0.717, 1.165) is 20.7 Å². The lowest BCUT2D eigenvalue weighted by molar-refractivity contribution is -0.146. The Morgan fingerprint density at radius 3 is 2.08 bits per heavy atom. The number of esters is 1. The number of ether oxygens (including phenoxy) is 1. The molecule has 0 spiro atoms. The van der Waals surface area contributed by atoms with Gasteiger partial charge in [0, 0.05) is 5.92 Å². The first kappa shape index (κ1) is 24.7. The Bertz CT molecular complexity index is 1580. The van der Waals surface area contributed by atoms with Gasteiger partial charge in [-0.05, 0) is 55.7 Å². The van der Waals surface area contributed by atoms with Crippen molar-refractivity contribution in [2.24, 2.45) is 5.92 Å². The quantitative estimate of drug-likeness (QED) is 0.251. The molecule has 0 saturated heterocycles. The molecule has 0 radical (unpaired) electrons. The molecule has 4 aromatic rings. The second-order valence-electron chi connectivity index (χ2n) is 9.26. The lowest BCUT2D eigenvalue weighted by atomic mass is 9.85. The van der Waals surface area contributed by atoms with Gasteiger partial charge in [-0.2, -0.15) is 0 Å². The summed E-state index contributed by atoms with van der Waals surface area (Å²) < 4.78 is 34.6. The Labute approximate surface area is 216 Å². The number of rotatable bonds is 6. The summed E-state index contributed by atoms with van der Waals surface area (Å²) >= 11 is 0. The summed E-state index contributed by atoms with van der Waals surface area (Å²) in [6, 6.07) is 24.9. The van der Waals surface area contributed by atoms with Crippen LogP contribution in [0.1, 0.15) is 45.6 Å². The van der Waals surface area contributed by atoms with Gasteiger partial charge >= 0.3 is 5.97 Å². The van der Waals surface area contributed by atoms with Crippen molar-refractivity contribution in [1.29, 1.82) is 0 Å². The number of hydrogen-bond donors (Lipinski definition) is 0. The molecule has 188 valence electrons. The molecule has 0 fully saturated rings. The number of carbonyl (C=O) groups excluding carboxylic acids is 2. The van der Waals surface area contributed by atoms with E-state index in [1.807, 2.05) is 56.3 Å². The third-order valence-corrected chi connectivity index (χ3v) is 8.51. The second-order valence-corrected chi connectivity index (χ2v) is 11.1. The van der Waals surface area contributed by atoms with E-state index in [9.17, 15) is 18.0 Å². The molecule has 1 aromatic heterocycles.